The van der Waals surface area contributed by atoms with Crippen LogP contribution in [0.1, 0.15) is 57.1 Å². The molecule has 0 N–H and O–H groups in total. The van der Waals surface area contributed by atoms with Crippen molar-refractivity contribution >= 4 is 5.57 Å². The highest BCUT2D eigenvalue weighted by atomic mass is 19.2. The molecule has 1 atom stereocenters. The molecule has 0 amide bonds. The van der Waals surface area contributed by atoms with E-state index in [0.29, 0.717) is 31.4 Å². The van der Waals surface area contributed by atoms with Gasteiger partial charge in [-0.05, 0) is 74.1 Å². The Hall–Kier alpha value is -3.39. The Morgan fingerprint density at radius 2 is 1.51 bits per heavy atom. The highest BCUT2D eigenvalue weighted by Crippen LogP contribution is 2.35. The summed E-state index contributed by atoms with van der Waals surface area (Å²) >= 11 is 0. The van der Waals surface area contributed by atoms with Crippen LogP contribution in [0.2, 0.25) is 0 Å². The van der Waals surface area contributed by atoms with Crippen molar-refractivity contribution in [2.45, 2.75) is 58.7 Å². The highest BCUT2D eigenvalue weighted by molar-refractivity contribution is 5.72. The molecule has 0 fully saturated rings. The van der Waals surface area contributed by atoms with Crippen LogP contribution in [0.5, 0.6) is 11.5 Å². The van der Waals surface area contributed by atoms with Crippen LogP contribution in [0.4, 0.5) is 22.0 Å². The minimum Gasteiger partial charge on any atom is -0.491 e. The first-order chi connectivity index (χ1) is 18.8. The van der Waals surface area contributed by atoms with E-state index >= 15 is 4.39 Å². The van der Waals surface area contributed by atoms with Gasteiger partial charge in [-0.15, -0.1) is 0 Å². The quantitative estimate of drug-likeness (QED) is 0.178. The highest BCUT2D eigenvalue weighted by Gasteiger charge is 2.22. The smallest absolute Gasteiger partial charge is 0.201 e. The lowest BCUT2D eigenvalue weighted by Gasteiger charge is -2.23. The van der Waals surface area contributed by atoms with Gasteiger partial charge in [0.2, 0.25) is 11.6 Å². The van der Waals surface area contributed by atoms with E-state index in [1.54, 1.807) is 19.1 Å². The van der Waals surface area contributed by atoms with Crippen LogP contribution in [-0.2, 0) is 11.3 Å². The van der Waals surface area contributed by atoms with Crippen molar-refractivity contribution in [3.05, 3.63) is 88.8 Å². The number of hydrogen-bond donors (Lipinski definition) is 0. The molecule has 208 valence electrons. The summed E-state index contributed by atoms with van der Waals surface area (Å²) < 4.78 is 88.8. The standard InChI is InChI=1S/C31H31F5O3/c1-3-5-16-38-27-14-9-21(28(33)30(27)35)18-39-22-10-6-19(7-11-22)23-12-8-20(17-25(23)32)24-13-15-26(37-4-2)31(36)29(24)34/h6,8-9,12-15,17,22H,3-5,7,10-11,16,18H2,1-2H3. The zero-order chi connectivity index (χ0) is 27.9. The van der Waals surface area contributed by atoms with Crippen molar-refractivity contribution < 1.29 is 36.2 Å². The summed E-state index contributed by atoms with van der Waals surface area (Å²) in [6, 6.07) is 9.83. The molecule has 0 heterocycles. The van der Waals surface area contributed by atoms with E-state index in [9.17, 15) is 17.6 Å². The molecule has 0 aromatic heterocycles. The molecule has 0 spiro atoms. The molecule has 1 aliphatic carbocycles. The lowest BCUT2D eigenvalue weighted by Crippen LogP contribution is -2.16. The molecule has 3 aromatic rings. The van der Waals surface area contributed by atoms with Crippen molar-refractivity contribution in [2.24, 2.45) is 0 Å². The van der Waals surface area contributed by atoms with Gasteiger partial charge in [0.15, 0.2) is 23.1 Å². The van der Waals surface area contributed by atoms with Gasteiger partial charge in [-0.2, -0.15) is 8.78 Å². The number of unbranched alkanes of at least 4 members (excludes halogenated alkanes) is 1. The second-order valence-electron chi connectivity index (χ2n) is 9.36. The molecule has 0 saturated heterocycles. The Morgan fingerprint density at radius 1 is 0.795 bits per heavy atom. The molecule has 0 bridgehead atoms. The molecule has 8 heteroatoms. The fourth-order valence-corrected chi connectivity index (χ4v) is 4.50. The third-order valence-corrected chi connectivity index (χ3v) is 6.69. The SMILES string of the molecule is CCCCOc1ccc(COC2CC=C(c3ccc(-c4ccc(OCC)c(F)c4F)cc3F)CC2)c(F)c1F. The molecule has 4 rings (SSSR count). The van der Waals surface area contributed by atoms with Gasteiger partial charge in [0.25, 0.3) is 0 Å². The van der Waals surface area contributed by atoms with Crippen molar-refractivity contribution in [3.8, 4) is 22.6 Å². The van der Waals surface area contributed by atoms with Gasteiger partial charge < -0.3 is 14.2 Å². The Kier molecular flexibility index (Phi) is 9.62. The van der Waals surface area contributed by atoms with Crippen LogP contribution in [0.3, 0.4) is 0 Å². The minimum absolute atomic E-state index is 0.0586. The molecule has 0 radical (unpaired) electrons. The van der Waals surface area contributed by atoms with Gasteiger partial charge in [0.05, 0.1) is 25.9 Å². The van der Waals surface area contributed by atoms with Crippen molar-refractivity contribution in [1.29, 1.82) is 0 Å². The van der Waals surface area contributed by atoms with Gasteiger partial charge in [0, 0.05) is 16.7 Å². The molecule has 3 nitrogen and oxygen atoms in total. The van der Waals surface area contributed by atoms with Crippen LogP contribution in [0.25, 0.3) is 16.7 Å². The monoisotopic (exact) mass is 546 g/mol. The lowest BCUT2D eigenvalue weighted by molar-refractivity contribution is 0.0341. The summed E-state index contributed by atoms with van der Waals surface area (Å²) in [5, 5.41) is 0. The molecule has 0 saturated carbocycles. The third-order valence-electron chi connectivity index (χ3n) is 6.69. The fraction of sp³-hybridized carbons (Fsp3) is 0.355. The number of rotatable bonds is 11. The van der Waals surface area contributed by atoms with Gasteiger partial charge in [-0.3, -0.25) is 0 Å². The first kappa shape index (κ1) is 28.6. The fourth-order valence-electron chi connectivity index (χ4n) is 4.50. The summed E-state index contributed by atoms with van der Waals surface area (Å²) in [5.41, 5.74) is 1.39. The minimum atomic E-state index is -1.11. The molecule has 0 aliphatic heterocycles. The predicted molar refractivity (Wildman–Crippen MR) is 140 cm³/mol. The largest absolute Gasteiger partial charge is 0.491 e. The van der Waals surface area contributed by atoms with E-state index in [4.69, 9.17) is 14.2 Å². The molecule has 3 aromatic carbocycles. The first-order valence-corrected chi connectivity index (χ1v) is 13.1. The maximum absolute atomic E-state index is 15.0. The molecule has 1 unspecified atom stereocenters. The molecular weight excluding hydrogens is 515 g/mol. The number of benzene rings is 3. The van der Waals surface area contributed by atoms with Gasteiger partial charge in [0.1, 0.15) is 5.82 Å². The second kappa shape index (κ2) is 13.1. The van der Waals surface area contributed by atoms with E-state index in [1.165, 1.54) is 30.3 Å². The third kappa shape index (κ3) is 6.61. The van der Waals surface area contributed by atoms with Crippen molar-refractivity contribution in [1.82, 2.24) is 0 Å². The number of ether oxygens (including phenoxy) is 3. The van der Waals surface area contributed by atoms with Crippen LogP contribution in [0.15, 0.2) is 48.5 Å². The van der Waals surface area contributed by atoms with E-state index in [1.807, 2.05) is 13.0 Å². The van der Waals surface area contributed by atoms with Crippen LogP contribution >= 0.6 is 0 Å². The summed E-state index contributed by atoms with van der Waals surface area (Å²) in [5.74, 6) is -5.07. The van der Waals surface area contributed by atoms with Gasteiger partial charge in [-0.25, -0.2) is 13.2 Å². The Morgan fingerprint density at radius 3 is 2.21 bits per heavy atom. The van der Waals surface area contributed by atoms with E-state index in [2.05, 4.69) is 0 Å². The molecule has 1 aliphatic rings. The molecular formula is C31H31F5O3. The number of halogens is 5. The maximum atomic E-state index is 15.0. The average Bonchev–Trinajstić information content (AvgIpc) is 2.94. The summed E-state index contributed by atoms with van der Waals surface area (Å²) in [7, 11) is 0. The average molecular weight is 547 g/mol. The maximum Gasteiger partial charge on any atom is 0.201 e. The number of hydrogen-bond acceptors (Lipinski definition) is 3. The molecule has 39 heavy (non-hydrogen) atoms. The van der Waals surface area contributed by atoms with Crippen molar-refractivity contribution in [3.63, 3.8) is 0 Å². The van der Waals surface area contributed by atoms with E-state index in [0.717, 1.165) is 18.4 Å². The first-order valence-electron chi connectivity index (χ1n) is 13.1. The van der Waals surface area contributed by atoms with Gasteiger partial charge in [-0.1, -0.05) is 31.6 Å². The normalized spacial score (nSPS) is 15.3. The second-order valence-corrected chi connectivity index (χ2v) is 9.36. The van der Waals surface area contributed by atoms with E-state index < -0.39 is 29.1 Å². The van der Waals surface area contributed by atoms with Gasteiger partial charge >= 0.3 is 0 Å². The van der Waals surface area contributed by atoms with Crippen molar-refractivity contribution in [2.75, 3.05) is 13.2 Å². The number of allylic oxidation sites excluding steroid dienone is 1. The Bertz CT molecular complexity index is 1340. The van der Waals surface area contributed by atoms with Crippen LogP contribution in [0, 0.1) is 29.1 Å². The predicted octanol–water partition coefficient (Wildman–Crippen LogP) is 8.78. The summed E-state index contributed by atoms with van der Waals surface area (Å²) in [6.07, 6.45) is 4.79. The topological polar surface area (TPSA) is 27.7 Å². The summed E-state index contributed by atoms with van der Waals surface area (Å²) in [6.45, 7) is 4.06. The Balaban J connectivity index is 1.39. The van der Waals surface area contributed by atoms with Crippen LogP contribution < -0.4 is 9.47 Å². The van der Waals surface area contributed by atoms with Crippen LogP contribution in [-0.4, -0.2) is 19.3 Å². The van der Waals surface area contributed by atoms with E-state index in [-0.39, 0.29) is 47.5 Å². The zero-order valence-electron chi connectivity index (χ0n) is 22.0. The zero-order valence-corrected chi connectivity index (χ0v) is 22.0. The Labute approximate surface area is 225 Å². The lowest BCUT2D eigenvalue weighted by atomic mass is 9.90. The summed E-state index contributed by atoms with van der Waals surface area (Å²) in [4.78, 5) is 0.